The van der Waals surface area contributed by atoms with Gasteiger partial charge in [-0.05, 0) is 50.5 Å². The molecule has 162 valence electrons. The second-order valence-corrected chi connectivity index (χ2v) is 8.48. The lowest BCUT2D eigenvalue weighted by atomic mass is 9.91. The van der Waals surface area contributed by atoms with Gasteiger partial charge in [0.15, 0.2) is 0 Å². The lowest BCUT2D eigenvalue weighted by Gasteiger charge is -2.35. The van der Waals surface area contributed by atoms with Gasteiger partial charge in [0.25, 0.3) is 11.7 Å². The van der Waals surface area contributed by atoms with Crippen LogP contribution in [0.1, 0.15) is 63.1 Å². The largest absolute Gasteiger partial charge is 0.507 e. The first kappa shape index (κ1) is 21.1. The van der Waals surface area contributed by atoms with Crippen LogP contribution in [-0.2, 0) is 9.59 Å². The van der Waals surface area contributed by atoms with Crippen molar-refractivity contribution in [3.05, 3.63) is 65.5 Å². The number of pyridine rings is 1. The second-order valence-electron chi connectivity index (χ2n) is 8.48. The minimum Gasteiger partial charge on any atom is -0.507 e. The first-order chi connectivity index (χ1) is 15.0. The highest BCUT2D eigenvalue weighted by molar-refractivity contribution is 6.46. The van der Waals surface area contributed by atoms with Gasteiger partial charge in [0.2, 0.25) is 0 Å². The van der Waals surface area contributed by atoms with Crippen LogP contribution in [0.25, 0.3) is 5.76 Å². The van der Waals surface area contributed by atoms with E-state index in [0.29, 0.717) is 11.3 Å². The third-order valence-corrected chi connectivity index (χ3v) is 5.93. The predicted molar refractivity (Wildman–Crippen MR) is 117 cm³/mol. The van der Waals surface area contributed by atoms with Crippen LogP contribution in [0.4, 0.5) is 0 Å². The summed E-state index contributed by atoms with van der Waals surface area (Å²) in [6, 6.07) is 9.96. The number of ether oxygens (including phenoxy) is 1. The second kappa shape index (κ2) is 8.92. The van der Waals surface area contributed by atoms with Gasteiger partial charge in [-0.15, -0.1) is 0 Å². The standard InChI is InChI=1S/C25H28N2O4/c1-16(2)31-20-12-6-8-17(14-20)23(28)21-22(18-9-7-13-26-15-18)27(25(30)24(21)29)19-10-4-3-5-11-19/h6-9,12-16,19,22,28H,3-5,10-11H2,1-2H3/b23-21-. The summed E-state index contributed by atoms with van der Waals surface area (Å²) in [5, 5.41) is 11.2. The van der Waals surface area contributed by atoms with E-state index in [2.05, 4.69) is 4.98 Å². The Bertz CT molecular complexity index is 994. The van der Waals surface area contributed by atoms with Gasteiger partial charge in [-0.25, -0.2) is 0 Å². The summed E-state index contributed by atoms with van der Waals surface area (Å²) in [5.74, 6) is -0.776. The number of aliphatic hydroxyl groups is 1. The average molecular weight is 421 g/mol. The number of hydrogen-bond donors (Lipinski definition) is 1. The van der Waals surface area contributed by atoms with Crippen molar-refractivity contribution in [2.24, 2.45) is 0 Å². The molecule has 2 heterocycles. The minimum atomic E-state index is -0.647. The molecule has 1 aliphatic heterocycles. The summed E-state index contributed by atoms with van der Waals surface area (Å²) < 4.78 is 5.74. The molecule has 1 saturated carbocycles. The van der Waals surface area contributed by atoms with Crippen LogP contribution < -0.4 is 4.74 Å². The fourth-order valence-electron chi connectivity index (χ4n) is 4.60. The Morgan fingerprint density at radius 1 is 1.13 bits per heavy atom. The van der Waals surface area contributed by atoms with Crippen molar-refractivity contribution in [1.82, 2.24) is 9.88 Å². The Kier molecular flexibility index (Phi) is 6.07. The van der Waals surface area contributed by atoms with Gasteiger partial charge in [-0.1, -0.05) is 37.5 Å². The predicted octanol–water partition coefficient (Wildman–Crippen LogP) is 4.62. The number of aliphatic hydroxyl groups excluding tert-OH is 1. The van der Waals surface area contributed by atoms with E-state index < -0.39 is 17.7 Å². The number of nitrogens with zero attached hydrogens (tertiary/aromatic N) is 2. The molecule has 0 bridgehead atoms. The number of hydrogen-bond acceptors (Lipinski definition) is 5. The van der Waals surface area contributed by atoms with E-state index in [9.17, 15) is 14.7 Å². The topological polar surface area (TPSA) is 79.7 Å². The molecule has 4 rings (SSSR count). The molecular weight excluding hydrogens is 392 g/mol. The van der Waals surface area contributed by atoms with Gasteiger partial charge in [-0.3, -0.25) is 14.6 Å². The van der Waals surface area contributed by atoms with Gasteiger partial charge < -0.3 is 14.7 Å². The van der Waals surface area contributed by atoms with Gasteiger partial charge in [-0.2, -0.15) is 0 Å². The van der Waals surface area contributed by atoms with Crippen molar-refractivity contribution in [1.29, 1.82) is 0 Å². The van der Waals surface area contributed by atoms with E-state index >= 15 is 0 Å². The van der Waals surface area contributed by atoms with Gasteiger partial charge in [0, 0.05) is 24.0 Å². The lowest BCUT2D eigenvalue weighted by molar-refractivity contribution is -0.141. The normalized spacial score (nSPS) is 21.6. The number of benzene rings is 1. The zero-order valence-electron chi connectivity index (χ0n) is 18.0. The number of ketones is 1. The van der Waals surface area contributed by atoms with Crippen molar-refractivity contribution in [2.45, 2.75) is 64.1 Å². The SMILES string of the molecule is CC(C)Oc1cccc(/C(O)=C2/C(=O)C(=O)N(C3CCCCC3)C2c2cccnc2)c1. The Morgan fingerprint density at radius 3 is 2.58 bits per heavy atom. The third kappa shape index (κ3) is 4.20. The van der Waals surface area contributed by atoms with Crippen LogP contribution >= 0.6 is 0 Å². The molecule has 1 saturated heterocycles. The number of Topliss-reactive ketones (excluding diaryl/α,β-unsaturated/α-hetero) is 1. The maximum atomic E-state index is 13.2. The fraction of sp³-hybridized carbons (Fsp3) is 0.400. The highest BCUT2D eigenvalue weighted by Crippen LogP contribution is 2.43. The number of carbonyl (C=O) groups excluding carboxylic acids is 2. The molecule has 0 spiro atoms. The Hall–Kier alpha value is -3.15. The number of aromatic nitrogens is 1. The maximum absolute atomic E-state index is 13.2. The highest BCUT2D eigenvalue weighted by Gasteiger charge is 2.48. The minimum absolute atomic E-state index is 0.0173. The first-order valence-electron chi connectivity index (χ1n) is 10.9. The highest BCUT2D eigenvalue weighted by atomic mass is 16.5. The summed E-state index contributed by atoms with van der Waals surface area (Å²) in [7, 11) is 0. The summed E-state index contributed by atoms with van der Waals surface area (Å²) in [6.07, 6.45) is 8.22. The van der Waals surface area contributed by atoms with Crippen LogP contribution in [0, 0.1) is 0 Å². The van der Waals surface area contributed by atoms with E-state index in [1.54, 1.807) is 47.6 Å². The molecule has 1 unspecified atom stereocenters. The van der Waals surface area contributed by atoms with Crippen molar-refractivity contribution in [3.8, 4) is 5.75 Å². The van der Waals surface area contributed by atoms with E-state index in [1.807, 2.05) is 19.9 Å². The third-order valence-electron chi connectivity index (χ3n) is 5.93. The van der Waals surface area contributed by atoms with Gasteiger partial charge >= 0.3 is 0 Å². The molecule has 6 nitrogen and oxygen atoms in total. The molecule has 6 heteroatoms. The molecule has 31 heavy (non-hydrogen) atoms. The van der Waals surface area contributed by atoms with Gasteiger partial charge in [0.05, 0.1) is 17.7 Å². The number of likely N-dealkylation sites (tertiary alicyclic amines) is 1. The Morgan fingerprint density at radius 2 is 1.90 bits per heavy atom. The fourth-order valence-corrected chi connectivity index (χ4v) is 4.60. The van der Waals surface area contributed by atoms with Crippen LogP contribution in [0.3, 0.4) is 0 Å². The number of rotatable bonds is 5. The molecule has 1 aromatic heterocycles. The van der Waals surface area contributed by atoms with Gasteiger partial charge in [0.1, 0.15) is 11.5 Å². The molecule has 1 aliphatic carbocycles. The molecule has 1 atom stereocenters. The van der Waals surface area contributed by atoms with Crippen molar-refractivity contribution in [2.75, 3.05) is 0 Å². The molecule has 1 aromatic carbocycles. The van der Waals surface area contributed by atoms with Crippen molar-refractivity contribution in [3.63, 3.8) is 0 Å². The quantitative estimate of drug-likeness (QED) is 0.434. The van der Waals surface area contributed by atoms with Crippen molar-refractivity contribution < 1.29 is 19.4 Å². The molecule has 0 radical (unpaired) electrons. The molecule has 2 fully saturated rings. The van der Waals surface area contributed by atoms with E-state index in [1.165, 1.54) is 0 Å². The first-order valence-corrected chi connectivity index (χ1v) is 10.9. The van der Waals surface area contributed by atoms with Crippen LogP contribution in [0.2, 0.25) is 0 Å². The lowest BCUT2D eigenvalue weighted by Crippen LogP contribution is -2.40. The summed E-state index contributed by atoms with van der Waals surface area (Å²) in [5.41, 5.74) is 1.29. The molecule has 1 amide bonds. The Labute approximate surface area is 182 Å². The Balaban J connectivity index is 1.82. The smallest absolute Gasteiger partial charge is 0.295 e. The van der Waals surface area contributed by atoms with Crippen molar-refractivity contribution >= 4 is 17.4 Å². The van der Waals surface area contributed by atoms with E-state index in [4.69, 9.17) is 4.74 Å². The molecule has 2 aromatic rings. The van der Waals surface area contributed by atoms with E-state index in [0.717, 1.165) is 37.7 Å². The summed E-state index contributed by atoms with van der Waals surface area (Å²) >= 11 is 0. The number of amides is 1. The summed E-state index contributed by atoms with van der Waals surface area (Å²) in [6.45, 7) is 3.84. The molecular formula is C25H28N2O4. The zero-order valence-corrected chi connectivity index (χ0v) is 18.0. The maximum Gasteiger partial charge on any atom is 0.295 e. The van der Waals surface area contributed by atoms with Crippen LogP contribution in [0.5, 0.6) is 5.75 Å². The summed E-state index contributed by atoms with van der Waals surface area (Å²) in [4.78, 5) is 32.2. The zero-order chi connectivity index (χ0) is 22.0. The number of carbonyl (C=O) groups is 2. The van der Waals surface area contributed by atoms with Crippen LogP contribution in [0.15, 0.2) is 54.4 Å². The van der Waals surface area contributed by atoms with Crippen LogP contribution in [-0.4, -0.2) is 38.8 Å². The molecule has 1 N–H and O–H groups in total. The monoisotopic (exact) mass is 420 g/mol. The van der Waals surface area contributed by atoms with E-state index in [-0.39, 0.29) is 23.5 Å². The molecule has 2 aliphatic rings. The average Bonchev–Trinajstić information content (AvgIpc) is 3.05.